The van der Waals surface area contributed by atoms with Crippen molar-refractivity contribution < 1.29 is 14.7 Å². The molecule has 1 aromatic rings. The predicted octanol–water partition coefficient (Wildman–Crippen LogP) is 0.952. The number of carboxylic acids is 1. The highest BCUT2D eigenvalue weighted by atomic mass is 16.4. The van der Waals surface area contributed by atoms with Gasteiger partial charge >= 0.3 is 5.97 Å². The van der Waals surface area contributed by atoms with Gasteiger partial charge in [-0.1, -0.05) is 0 Å². The van der Waals surface area contributed by atoms with Gasteiger partial charge in [0, 0.05) is 18.4 Å². The quantitative estimate of drug-likeness (QED) is 0.788. The molecule has 1 atom stereocenters. The number of rotatable bonds is 5. The molecule has 18 heavy (non-hydrogen) atoms. The zero-order chi connectivity index (χ0) is 13.9. The Morgan fingerprint density at radius 1 is 1.44 bits per heavy atom. The van der Waals surface area contributed by atoms with E-state index in [1.807, 2.05) is 0 Å². The molecular weight excluding hydrogens is 234 g/mol. The summed E-state index contributed by atoms with van der Waals surface area (Å²) in [6.45, 7) is 6.64. The number of carbonyl (C=O) groups excluding carboxylic acids is 1. The fourth-order valence-corrected chi connectivity index (χ4v) is 1.96. The van der Waals surface area contributed by atoms with Gasteiger partial charge in [-0.3, -0.25) is 14.8 Å². The van der Waals surface area contributed by atoms with Crippen molar-refractivity contribution in [1.29, 1.82) is 0 Å². The van der Waals surface area contributed by atoms with Crippen LogP contribution in [0.5, 0.6) is 0 Å². The molecule has 0 saturated heterocycles. The summed E-state index contributed by atoms with van der Waals surface area (Å²) in [5, 5.41) is 9.49. The van der Waals surface area contributed by atoms with E-state index in [1.165, 1.54) is 24.2 Å². The van der Waals surface area contributed by atoms with Crippen LogP contribution in [0.25, 0.3) is 0 Å². The number of amides is 1. The van der Waals surface area contributed by atoms with Gasteiger partial charge in [-0.15, -0.1) is 0 Å². The maximum absolute atomic E-state index is 11.6. The third kappa shape index (κ3) is 2.18. The fraction of sp³-hybridized carbons (Fsp3) is 0.500. The minimum atomic E-state index is -1.52. The Balaban J connectivity index is 3.45. The molecule has 1 aromatic heterocycles. The summed E-state index contributed by atoms with van der Waals surface area (Å²) in [5.74, 6) is -1.13. The number of carbonyl (C=O) groups is 2. The number of hydrogen-bond donors (Lipinski definition) is 1. The lowest BCUT2D eigenvalue weighted by Gasteiger charge is -2.37. The standard InChI is InChI=1S/C12H17N3O3/c1-8(2)15(7-16)12(4,11(17)18)10-9(3)13-5-6-14-10/h5-8H,1-4H3,(H,17,18). The highest BCUT2D eigenvalue weighted by Gasteiger charge is 2.44. The molecule has 0 aromatic carbocycles. The van der Waals surface area contributed by atoms with Crippen molar-refractivity contribution in [1.82, 2.24) is 14.9 Å². The Morgan fingerprint density at radius 3 is 2.39 bits per heavy atom. The molecule has 1 N–H and O–H groups in total. The van der Waals surface area contributed by atoms with Crippen LogP contribution in [-0.4, -0.2) is 38.4 Å². The van der Waals surface area contributed by atoms with E-state index in [0.29, 0.717) is 12.1 Å². The molecule has 1 rings (SSSR count). The number of hydrogen-bond acceptors (Lipinski definition) is 4. The first kappa shape index (κ1) is 14.1. The Bertz CT molecular complexity index is 462. The molecular formula is C12H17N3O3. The second kappa shape index (κ2) is 5.12. The number of nitrogens with zero attached hydrogens (tertiary/aromatic N) is 3. The molecule has 0 aliphatic heterocycles. The normalized spacial score (nSPS) is 14.1. The van der Waals surface area contributed by atoms with E-state index in [4.69, 9.17) is 0 Å². The van der Waals surface area contributed by atoms with E-state index in [0.717, 1.165) is 0 Å². The molecule has 1 amide bonds. The van der Waals surface area contributed by atoms with E-state index < -0.39 is 11.5 Å². The lowest BCUT2D eigenvalue weighted by Crippen LogP contribution is -2.53. The van der Waals surface area contributed by atoms with Crippen molar-refractivity contribution in [3.05, 3.63) is 23.8 Å². The van der Waals surface area contributed by atoms with Crippen LogP contribution in [0.3, 0.4) is 0 Å². The average Bonchev–Trinajstić information content (AvgIpc) is 2.29. The second-order valence-corrected chi connectivity index (χ2v) is 4.47. The van der Waals surface area contributed by atoms with Gasteiger partial charge in [-0.05, 0) is 27.7 Å². The Labute approximate surface area is 106 Å². The number of carboxylic acid groups (broad SMARTS) is 1. The fourth-order valence-electron chi connectivity index (χ4n) is 1.96. The molecule has 0 aliphatic rings. The van der Waals surface area contributed by atoms with Gasteiger partial charge in [0.1, 0.15) is 0 Å². The maximum Gasteiger partial charge on any atom is 0.335 e. The summed E-state index contributed by atoms with van der Waals surface area (Å²) in [4.78, 5) is 32.1. The lowest BCUT2D eigenvalue weighted by atomic mass is 9.92. The van der Waals surface area contributed by atoms with E-state index >= 15 is 0 Å². The molecule has 0 aliphatic carbocycles. The summed E-state index contributed by atoms with van der Waals surface area (Å²) in [5.41, 5.74) is -0.748. The molecule has 0 radical (unpaired) electrons. The highest BCUT2D eigenvalue weighted by Crippen LogP contribution is 2.29. The molecule has 6 nitrogen and oxygen atoms in total. The van der Waals surface area contributed by atoms with Crippen LogP contribution in [0.15, 0.2) is 12.4 Å². The first-order valence-electron chi connectivity index (χ1n) is 5.61. The van der Waals surface area contributed by atoms with Crippen LogP contribution in [0, 0.1) is 6.92 Å². The smallest absolute Gasteiger partial charge is 0.335 e. The number of aryl methyl sites for hydroxylation is 1. The van der Waals surface area contributed by atoms with Crippen molar-refractivity contribution in [3.8, 4) is 0 Å². The topological polar surface area (TPSA) is 83.4 Å². The van der Waals surface area contributed by atoms with Gasteiger partial charge in [-0.25, -0.2) is 4.79 Å². The second-order valence-electron chi connectivity index (χ2n) is 4.47. The van der Waals surface area contributed by atoms with Crippen molar-refractivity contribution in [2.45, 2.75) is 39.3 Å². The van der Waals surface area contributed by atoms with E-state index in [-0.39, 0.29) is 11.7 Å². The van der Waals surface area contributed by atoms with Crippen LogP contribution >= 0.6 is 0 Å². The molecule has 1 unspecified atom stereocenters. The molecule has 6 heteroatoms. The summed E-state index contributed by atoms with van der Waals surface area (Å²) in [7, 11) is 0. The molecule has 0 bridgehead atoms. The highest BCUT2D eigenvalue weighted by molar-refractivity contribution is 5.82. The zero-order valence-corrected chi connectivity index (χ0v) is 10.9. The summed E-state index contributed by atoms with van der Waals surface area (Å²) < 4.78 is 0. The first-order chi connectivity index (χ1) is 8.35. The van der Waals surface area contributed by atoms with Gasteiger partial charge in [0.2, 0.25) is 6.41 Å². The minimum Gasteiger partial charge on any atom is -0.479 e. The van der Waals surface area contributed by atoms with Gasteiger partial charge in [0.25, 0.3) is 0 Å². The van der Waals surface area contributed by atoms with Crippen molar-refractivity contribution in [3.63, 3.8) is 0 Å². The average molecular weight is 251 g/mol. The summed E-state index contributed by atoms with van der Waals surface area (Å²) in [6.07, 6.45) is 3.45. The van der Waals surface area contributed by atoms with E-state index in [2.05, 4.69) is 9.97 Å². The number of aromatic nitrogens is 2. The van der Waals surface area contributed by atoms with Gasteiger partial charge < -0.3 is 10.0 Å². The van der Waals surface area contributed by atoms with Gasteiger partial charge in [0.15, 0.2) is 5.54 Å². The maximum atomic E-state index is 11.6. The van der Waals surface area contributed by atoms with Crippen molar-refractivity contribution >= 4 is 12.4 Å². The Morgan fingerprint density at radius 2 is 2.00 bits per heavy atom. The largest absolute Gasteiger partial charge is 0.479 e. The van der Waals surface area contributed by atoms with E-state index in [1.54, 1.807) is 20.8 Å². The third-order valence-corrected chi connectivity index (χ3v) is 2.95. The van der Waals surface area contributed by atoms with Crippen LogP contribution in [0.2, 0.25) is 0 Å². The Hall–Kier alpha value is -1.98. The third-order valence-electron chi connectivity index (χ3n) is 2.95. The molecule has 1 heterocycles. The molecule has 0 saturated carbocycles. The van der Waals surface area contributed by atoms with Crippen LogP contribution in [0.4, 0.5) is 0 Å². The predicted molar refractivity (Wildman–Crippen MR) is 64.8 cm³/mol. The Kier molecular flexibility index (Phi) is 4.00. The molecule has 98 valence electrons. The van der Waals surface area contributed by atoms with E-state index in [9.17, 15) is 14.7 Å². The number of aliphatic carboxylic acids is 1. The van der Waals surface area contributed by atoms with Crippen LogP contribution in [-0.2, 0) is 15.1 Å². The summed E-state index contributed by atoms with van der Waals surface area (Å²) >= 11 is 0. The first-order valence-corrected chi connectivity index (χ1v) is 5.61. The molecule has 0 spiro atoms. The molecule has 0 fully saturated rings. The zero-order valence-electron chi connectivity index (χ0n) is 10.9. The van der Waals surface area contributed by atoms with Crippen molar-refractivity contribution in [2.24, 2.45) is 0 Å². The monoisotopic (exact) mass is 251 g/mol. The van der Waals surface area contributed by atoms with Crippen LogP contribution < -0.4 is 0 Å². The van der Waals surface area contributed by atoms with Gasteiger partial charge in [0.05, 0.1) is 11.4 Å². The van der Waals surface area contributed by atoms with Crippen molar-refractivity contribution in [2.75, 3.05) is 0 Å². The minimum absolute atomic E-state index is 0.259. The van der Waals surface area contributed by atoms with Crippen LogP contribution in [0.1, 0.15) is 32.2 Å². The lowest BCUT2D eigenvalue weighted by molar-refractivity contribution is -0.157. The summed E-state index contributed by atoms with van der Waals surface area (Å²) in [6, 6.07) is -0.259. The van der Waals surface area contributed by atoms with Gasteiger partial charge in [-0.2, -0.15) is 0 Å². The SMILES string of the molecule is Cc1nccnc1C(C)(C(=O)O)N(C=O)C(C)C.